The molecule has 0 radical (unpaired) electrons. The monoisotopic (exact) mass is 327 g/mol. The van der Waals surface area contributed by atoms with Crippen molar-refractivity contribution in [1.82, 2.24) is 9.62 Å². The molecule has 1 aromatic carbocycles. The van der Waals surface area contributed by atoms with Crippen LogP contribution in [0.3, 0.4) is 0 Å². The minimum absolute atomic E-state index is 0.128. The molecule has 1 amide bonds. The van der Waals surface area contributed by atoms with Crippen molar-refractivity contribution >= 4 is 33.1 Å². The molecule has 1 heterocycles. The highest BCUT2D eigenvalue weighted by Gasteiger charge is 2.26. The van der Waals surface area contributed by atoms with E-state index in [0.29, 0.717) is 17.7 Å². The third kappa shape index (κ3) is 3.99. The Morgan fingerprint density at radius 2 is 2.05 bits per heavy atom. The standard InChI is InChI=1S/C13H17N3O3S2/c14-13(20)11-4-2-1-3-10(11)9-21(18,19)16-7-5-12(17)15-6-8-16/h1-4H,5-9H2,(H2,14,20)(H,15,17). The van der Waals surface area contributed by atoms with Crippen molar-refractivity contribution in [2.24, 2.45) is 5.73 Å². The first-order valence-corrected chi connectivity index (χ1v) is 8.54. The van der Waals surface area contributed by atoms with Crippen LogP contribution in [0.4, 0.5) is 0 Å². The number of nitrogens with one attached hydrogen (secondary N) is 1. The van der Waals surface area contributed by atoms with Gasteiger partial charge in [0.15, 0.2) is 0 Å². The van der Waals surface area contributed by atoms with Gasteiger partial charge in [0.05, 0.1) is 5.75 Å². The van der Waals surface area contributed by atoms with E-state index in [9.17, 15) is 13.2 Å². The van der Waals surface area contributed by atoms with Crippen molar-refractivity contribution in [1.29, 1.82) is 0 Å². The molecule has 1 aliphatic heterocycles. The lowest BCUT2D eigenvalue weighted by Gasteiger charge is -2.20. The number of hydrogen-bond acceptors (Lipinski definition) is 4. The minimum atomic E-state index is -3.51. The van der Waals surface area contributed by atoms with Crippen LogP contribution < -0.4 is 11.1 Å². The molecule has 1 aliphatic rings. The van der Waals surface area contributed by atoms with Crippen LogP contribution in [0.25, 0.3) is 0 Å². The minimum Gasteiger partial charge on any atom is -0.389 e. The highest BCUT2D eigenvalue weighted by molar-refractivity contribution is 7.88. The normalized spacial score (nSPS) is 17.0. The molecule has 0 aromatic heterocycles. The Bertz CT molecular complexity index is 658. The summed E-state index contributed by atoms with van der Waals surface area (Å²) in [5.74, 6) is -0.300. The van der Waals surface area contributed by atoms with Crippen molar-refractivity contribution in [3.63, 3.8) is 0 Å². The van der Waals surface area contributed by atoms with E-state index in [1.165, 1.54) is 4.31 Å². The lowest BCUT2D eigenvalue weighted by Crippen LogP contribution is -2.35. The maximum absolute atomic E-state index is 12.5. The van der Waals surface area contributed by atoms with Gasteiger partial charge in [-0.05, 0) is 5.56 Å². The molecule has 0 aliphatic carbocycles. The van der Waals surface area contributed by atoms with Gasteiger partial charge in [-0.3, -0.25) is 4.79 Å². The second kappa shape index (κ2) is 6.50. The van der Waals surface area contributed by atoms with Crippen LogP contribution in [0.2, 0.25) is 0 Å². The summed E-state index contributed by atoms with van der Waals surface area (Å²) < 4.78 is 26.3. The Morgan fingerprint density at radius 3 is 2.76 bits per heavy atom. The first-order valence-electron chi connectivity index (χ1n) is 6.52. The zero-order valence-corrected chi connectivity index (χ0v) is 13.0. The van der Waals surface area contributed by atoms with Crippen LogP contribution in [0.15, 0.2) is 24.3 Å². The molecule has 1 fully saturated rings. The van der Waals surface area contributed by atoms with E-state index < -0.39 is 10.0 Å². The molecular formula is C13H17N3O3S2. The molecular weight excluding hydrogens is 310 g/mol. The number of carbonyl (C=O) groups is 1. The van der Waals surface area contributed by atoms with Crippen molar-refractivity contribution < 1.29 is 13.2 Å². The summed E-state index contributed by atoms with van der Waals surface area (Å²) in [5.41, 5.74) is 6.77. The van der Waals surface area contributed by atoms with Crippen LogP contribution in [0.1, 0.15) is 17.5 Å². The second-order valence-corrected chi connectivity index (χ2v) is 7.19. The Hall–Kier alpha value is -1.51. The molecule has 3 N–H and O–H groups in total. The highest BCUT2D eigenvalue weighted by atomic mass is 32.2. The van der Waals surface area contributed by atoms with Gasteiger partial charge in [-0.2, -0.15) is 4.31 Å². The summed E-state index contributed by atoms with van der Waals surface area (Å²) in [6, 6.07) is 6.92. The third-order valence-electron chi connectivity index (χ3n) is 3.29. The van der Waals surface area contributed by atoms with Gasteiger partial charge in [-0.25, -0.2) is 8.42 Å². The number of rotatable bonds is 4. The SMILES string of the molecule is NC(=S)c1ccccc1CS(=O)(=O)N1CCNC(=O)CC1. The number of benzene rings is 1. The zero-order valence-electron chi connectivity index (χ0n) is 11.4. The summed E-state index contributed by atoms with van der Waals surface area (Å²) in [5, 5.41) is 2.65. The Balaban J connectivity index is 2.21. The molecule has 6 nitrogen and oxygen atoms in total. The molecule has 8 heteroatoms. The molecule has 2 rings (SSSR count). The predicted octanol–water partition coefficient (Wildman–Crippen LogP) is -0.0275. The summed E-state index contributed by atoms with van der Waals surface area (Å²) in [4.78, 5) is 11.5. The number of nitrogens with zero attached hydrogens (tertiary/aromatic N) is 1. The molecule has 114 valence electrons. The summed E-state index contributed by atoms with van der Waals surface area (Å²) in [6.45, 7) is 0.807. The Kier molecular flexibility index (Phi) is 4.92. The fraction of sp³-hybridized carbons (Fsp3) is 0.385. The molecule has 0 bridgehead atoms. The summed E-state index contributed by atoms with van der Waals surface area (Å²) >= 11 is 4.95. The number of thiocarbonyl (C=S) groups is 1. The van der Waals surface area contributed by atoms with Crippen molar-refractivity contribution in [3.8, 4) is 0 Å². The van der Waals surface area contributed by atoms with Gasteiger partial charge >= 0.3 is 0 Å². The van der Waals surface area contributed by atoms with E-state index in [1.54, 1.807) is 24.3 Å². The van der Waals surface area contributed by atoms with Gasteiger partial charge < -0.3 is 11.1 Å². The number of carbonyl (C=O) groups excluding carboxylic acids is 1. The Labute approximate surface area is 129 Å². The van der Waals surface area contributed by atoms with Crippen molar-refractivity contribution in [3.05, 3.63) is 35.4 Å². The fourth-order valence-corrected chi connectivity index (χ4v) is 3.96. The van der Waals surface area contributed by atoms with E-state index in [2.05, 4.69) is 5.32 Å². The van der Waals surface area contributed by atoms with Gasteiger partial charge in [-0.1, -0.05) is 36.5 Å². The molecule has 0 atom stereocenters. The van der Waals surface area contributed by atoms with Crippen LogP contribution in [-0.2, 0) is 20.6 Å². The smallest absolute Gasteiger partial charge is 0.221 e. The molecule has 21 heavy (non-hydrogen) atoms. The number of sulfonamides is 1. The van der Waals surface area contributed by atoms with Gasteiger partial charge in [0, 0.05) is 31.6 Å². The lowest BCUT2D eigenvalue weighted by atomic mass is 10.1. The van der Waals surface area contributed by atoms with E-state index in [4.69, 9.17) is 18.0 Å². The average Bonchev–Trinajstić information content (AvgIpc) is 2.64. The van der Waals surface area contributed by atoms with Gasteiger partial charge in [0.2, 0.25) is 15.9 Å². The number of hydrogen-bond donors (Lipinski definition) is 2. The lowest BCUT2D eigenvalue weighted by molar-refractivity contribution is -0.120. The third-order valence-corrected chi connectivity index (χ3v) is 5.33. The largest absolute Gasteiger partial charge is 0.389 e. The van der Waals surface area contributed by atoms with Crippen LogP contribution in [-0.4, -0.2) is 43.3 Å². The molecule has 1 aromatic rings. The number of amides is 1. The van der Waals surface area contributed by atoms with E-state index >= 15 is 0 Å². The van der Waals surface area contributed by atoms with Crippen LogP contribution in [0, 0.1) is 0 Å². The quantitative estimate of drug-likeness (QED) is 0.758. The molecule has 0 saturated carbocycles. The molecule has 0 unspecified atom stereocenters. The van der Waals surface area contributed by atoms with Gasteiger partial charge in [0.1, 0.15) is 4.99 Å². The first kappa shape index (κ1) is 15.9. The second-order valence-electron chi connectivity index (χ2n) is 4.78. The Morgan fingerprint density at radius 1 is 1.33 bits per heavy atom. The topological polar surface area (TPSA) is 92.5 Å². The fourth-order valence-electron chi connectivity index (χ4n) is 2.20. The molecule has 1 saturated heterocycles. The zero-order chi connectivity index (χ0) is 15.5. The van der Waals surface area contributed by atoms with E-state index in [0.717, 1.165) is 0 Å². The van der Waals surface area contributed by atoms with Gasteiger partial charge in [0.25, 0.3) is 0 Å². The van der Waals surface area contributed by atoms with Crippen LogP contribution in [0.5, 0.6) is 0 Å². The summed E-state index contributed by atoms with van der Waals surface area (Å²) in [6.07, 6.45) is 0.177. The van der Waals surface area contributed by atoms with Crippen molar-refractivity contribution in [2.45, 2.75) is 12.2 Å². The predicted molar refractivity (Wildman–Crippen MR) is 84.2 cm³/mol. The van der Waals surface area contributed by atoms with E-state index in [1.807, 2.05) is 0 Å². The maximum Gasteiger partial charge on any atom is 0.221 e. The maximum atomic E-state index is 12.5. The first-order chi connectivity index (χ1) is 9.90. The summed E-state index contributed by atoms with van der Waals surface area (Å²) in [7, 11) is -3.51. The van der Waals surface area contributed by atoms with E-state index in [-0.39, 0.29) is 36.2 Å². The van der Waals surface area contributed by atoms with Crippen LogP contribution >= 0.6 is 12.2 Å². The molecule has 0 spiro atoms. The van der Waals surface area contributed by atoms with Crippen molar-refractivity contribution in [2.75, 3.05) is 19.6 Å². The average molecular weight is 327 g/mol. The van der Waals surface area contributed by atoms with Gasteiger partial charge in [-0.15, -0.1) is 0 Å². The number of nitrogens with two attached hydrogens (primary N) is 1. The highest BCUT2D eigenvalue weighted by Crippen LogP contribution is 2.16.